The molecule has 0 spiro atoms. The normalized spacial score (nSPS) is 12.4. The van der Waals surface area contributed by atoms with Crippen LogP contribution in [0.25, 0.3) is 0 Å². The van der Waals surface area contributed by atoms with Crippen LogP contribution >= 0.6 is 0 Å². The highest BCUT2D eigenvalue weighted by Gasteiger charge is 2.02. The van der Waals surface area contributed by atoms with Gasteiger partial charge in [0.25, 0.3) is 0 Å². The summed E-state index contributed by atoms with van der Waals surface area (Å²) in [7, 11) is 0. The molecule has 0 aromatic rings. The smallest absolute Gasteiger partial charge is 0.330 e. The van der Waals surface area contributed by atoms with Gasteiger partial charge in [0, 0.05) is 12.5 Å². The standard InChI is InChI=1S/C10H14O2/c1-4-6-7-8-9(3)12-10(11)5-2/h4-7,9H,1-2,8H2,3H3/b7-6+/t9-/m0/s1. The van der Waals surface area contributed by atoms with E-state index in [0.717, 1.165) is 6.08 Å². The minimum absolute atomic E-state index is 0.105. The SMILES string of the molecule is C=C/C=C/C[C@H](C)OC(=O)C=C. The van der Waals surface area contributed by atoms with Crippen LogP contribution in [0.4, 0.5) is 0 Å². The van der Waals surface area contributed by atoms with Gasteiger partial charge >= 0.3 is 5.97 Å². The third-order valence-electron chi connectivity index (χ3n) is 1.22. The van der Waals surface area contributed by atoms with E-state index in [-0.39, 0.29) is 12.1 Å². The molecule has 0 aliphatic carbocycles. The van der Waals surface area contributed by atoms with Gasteiger partial charge in [-0.3, -0.25) is 0 Å². The zero-order valence-electron chi connectivity index (χ0n) is 7.32. The van der Waals surface area contributed by atoms with E-state index in [0.29, 0.717) is 6.42 Å². The van der Waals surface area contributed by atoms with Crippen molar-refractivity contribution < 1.29 is 9.53 Å². The molecule has 0 aliphatic heterocycles. The van der Waals surface area contributed by atoms with Gasteiger partial charge in [-0.2, -0.15) is 0 Å². The highest BCUT2D eigenvalue weighted by molar-refractivity contribution is 5.81. The Balaban J connectivity index is 3.65. The number of carbonyl (C=O) groups excluding carboxylic acids is 1. The Labute approximate surface area is 73.2 Å². The van der Waals surface area contributed by atoms with Crippen LogP contribution in [-0.4, -0.2) is 12.1 Å². The van der Waals surface area contributed by atoms with E-state index < -0.39 is 0 Å². The van der Waals surface area contributed by atoms with Gasteiger partial charge in [0.15, 0.2) is 0 Å². The number of ether oxygens (including phenoxy) is 1. The molecule has 0 saturated heterocycles. The van der Waals surface area contributed by atoms with Crippen LogP contribution in [0.15, 0.2) is 37.5 Å². The third kappa shape index (κ3) is 5.47. The fraction of sp³-hybridized carbons (Fsp3) is 0.300. The molecule has 2 heteroatoms. The molecule has 0 aromatic carbocycles. The van der Waals surface area contributed by atoms with Crippen molar-refractivity contribution in [2.75, 3.05) is 0 Å². The molecule has 0 aliphatic rings. The molecule has 0 bridgehead atoms. The second kappa shape index (κ2) is 6.40. The number of carbonyl (C=O) groups is 1. The van der Waals surface area contributed by atoms with Gasteiger partial charge in [-0.25, -0.2) is 4.79 Å². The molecule has 12 heavy (non-hydrogen) atoms. The third-order valence-corrected chi connectivity index (χ3v) is 1.22. The van der Waals surface area contributed by atoms with Gasteiger partial charge in [0.2, 0.25) is 0 Å². The average molecular weight is 166 g/mol. The first-order chi connectivity index (χ1) is 5.70. The largest absolute Gasteiger partial charge is 0.459 e. The van der Waals surface area contributed by atoms with E-state index >= 15 is 0 Å². The summed E-state index contributed by atoms with van der Waals surface area (Å²) in [6.07, 6.45) is 7.15. The molecule has 0 radical (unpaired) electrons. The van der Waals surface area contributed by atoms with Crippen molar-refractivity contribution in [3.05, 3.63) is 37.5 Å². The number of allylic oxidation sites excluding steroid dienone is 2. The second-order valence-electron chi connectivity index (χ2n) is 2.35. The Morgan fingerprint density at radius 1 is 1.58 bits per heavy atom. The van der Waals surface area contributed by atoms with Crippen molar-refractivity contribution in [3.8, 4) is 0 Å². The summed E-state index contributed by atoms with van der Waals surface area (Å²) in [6, 6.07) is 0. The summed E-state index contributed by atoms with van der Waals surface area (Å²) < 4.78 is 4.90. The highest BCUT2D eigenvalue weighted by atomic mass is 16.5. The van der Waals surface area contributed by atoms with Crippen LogP contribution in [0.1, 0.15) is 13.3 Å². The van der Waals surface area contributed by atoms with Crippen molar-refractivity contribution in [1.82, 2.24) is 0 Å². The van der Waals surface area contributed by atoms with Gasteiger partial charge in [0.05, 0.1) is 0 Å². The van der Waals surface area contributed by atoms with Crippen molar-refractivity contribution in [2.45, 2.75) is 19.4 Å². The summed E-state index contributed by atoms with van der Waals surface area (Å²) in [5.74, 6) is -0.380. The van der Waals surface area contributed by atoms with Crippen molar-refractivity contribution in [3.63, 3.8) is 0 Å². The molecule has 0 rings (SSSR count). The highest BCUT2D eigenvalue weighted by Crippen LogP contribution is 1.99. The van der Waals surface area contributed by atoms with Crippen molar-refractivity contribution in [1.29, 1.82) is 0 Å². The summed E-state index contributed by atoms with van der Waals surface area (Å²) in [5, 5.41) is 0. The fourth-order valence-electron chi connectivity index (χ4n) is 0.661. The second-order valence-corrected chi connectivity index (χ2v) is 2.35. The maximum atomic E-state index is 10.7. The fourth-order valence-corrected chi connectivity index (χ4v) is 0.661. The topological polar surface area (TPSA) is 26.3 Å². The van der Waals surface area contributed by atoms with E-state index in [9.17, 15) is 4.79 Å². The lowest BCUT2D eigenvalue weighted by molar-refractivity contribution is -0.141. The molecule has 1 atom stereocenters. The first kappa shape index (κ1) is 10.7. The molecule has 0 aromatic heterocycles. The van der Waals surface area contributed by atoms with Crippen molar-refractivity contribution >= 4 is 5.97 Å². The summed E-state index contributed by atoms with van der Waals surface area (Å²) >= 11 is 0. The van der Waals surface area contributed by atoms with E-state index in [1.54, 1.807) is 6.08 Å². The predicted octanol–water partition coefficient (Wildman–Crippen LogP) is 2.24. The van der Waals surface area contributed by atoms with Gasteiger partial charge in [0.1, 0.15) is 6.10 Å². The Morgan fingerprint density at radius 2 is 2.25 bits per heavy atom. The van der Waals surface area contributed by atoms with E-state index in [1.807, 2.05) is 19.1 Å². The molecule has 0 amide bonds. The Bertz CT molecular complexity index is 192. The molecular formula is C10H14O2. The van der Waals surface area contributed by atoms with E-state index in [2.05, 4.69) is 13.2 Å². The monoisotopic (exact) mass is 166 g/mol. The molecule has 0 fully saturated rings. The number of rotatable bonds is 5. The molecular weight excluding hydrogens is 152 g/mol. The summed E-state index contributed by atoms with van der Waals surface area (Å²) in [5.41, 5.74) is 0. The maximum absolute atomic E-state index is 10.7. The van der Waals surface area contributed by atoms with Crippen molar-refractivity contribution in [2.24, 2.45) is 0 Å². The quantitative estimate of drug-likeness (QED) is 0.355. The predicted molar refractivity (Wildman–Crippen MR) is 49.7 cm³/mol. The molecule has 0 heterocycles. The lowest BCUT2D eigenvalue weighted by Gasteiger charge is -2.08. The lowest BCUT2D eigenvalue weighted by Crippen LogP contribution is -2.11. The van der Waals surface area contributed by atoms with Crippen LogP contribution < -0.4 is 0 Å². The van der Waals surface area contributed by atoms with Gasteiger partial charge in [-0.05, 0) is 6.92 Å². The number of hydrogen-bond acceptors (Lipinski definition) is 2. The number of esters is 1. The minimum Gasteiger partial charge on any atom is -0.459 e. The average Bonchev–Trinajstić information content (AvgIpc) is 2.05. The summed E-state index contributed by atoms with van der Waals surface area (Å²) in [6.45, 7) is 8.65. The van der Waals surface area contributed by atoms with Crippen LogP contribution in [0, 0.1) is 0 Å². The molecule has 2 nitrogen and oxygen atoms in total. The van der Waals surface area contributed by atoms with Crippen LogP contribution in [0.3, 0.4) is 0 Å². The Hall–Kier alpha value is -1.31. The van der Waals surface area contributed by atoms with Crippen LogP contribution in [0.5, 0.6) is 0 Å². The minimum atomic E-state index is -0.380. The summed E-state index contributed by atoms with van der Waals surface area (Å²) in [4.78, 5) is 10.7. The Kier molecular flexibility index (Phi) is 5.70. The molecule has 66 valence electrons. The van der Waals surface area contributed by atoms with Crippen LogP contribution in [-0.2, 0) is 9.53 Å². The first-order valence-electron chi connectivity index (χ1n) is 3.81. The molecule has 0 N–H and O–H groups in total. The van der Waals surface area contributed by atoms with Gasteiger partial charge in [-0.15, -0.1) is 0 Å². The maximum Gasteiger partial charge on any atom is 0.330 e. The van der Waals surface area contributed by atoms with Gasteiger partial charge < -0.3 is 4.74 Å². The Morgan fingerprint density at radius 3 is 2.75 bits per heavy atom. The van der Waals surface area contributed by atoms with E-state index in [4.69, 9.17) is 4.74 Å². The molecule has 0 saturated carbocycles. The lowest BCUT2D eigenvalue weighted by atomic mass is 10.2. The van der Waals surface area contributed by atoms with Gasteiger partial charge in [-0.1, -0.05) is 31.4 Å². The zero-order chi connectivity index (χ0) is 9.40. The molecule has 0 unspecified atom stereocenters. The number of hydrogen-bond donors (Lipinski definition) is 0. The van der Waals surface area contributed by atoms with Crippen LogP contribution in [0.2, 0.25) is 0 Å². The van der Waals surface area contributed by atoms with E-state index in [1.165, 1.54) is 0 Å². The zero-order valence-corrected chi connectivity index (χ0v) is 7.32. The first-order valence-corrected chi connectivity index (χ1v) is 3.81.